The van der Waals surface area contributed by atoms with Crippen molar-refractivity contribution in [1.29, 1.82) is 0 Å². The Morgan fingerprint density at radius 2 is 1.77 bits per heavy atom. The first-order valence-electron chi connectivity index (χ1n) is 8.96. The number of furan rings is 1. The maximum Gasteiger partial charge on any atom is 0.311 e. The fourth-order valence-corrected chi connectivity index (χ4v) is 2.78. The Kier molecular flexibility index (Phi) is 5.14. The molecular weight excluding hydrogens is 408 g/mol. The first-order chi connectivity index (χ1) is 14.9. The Balaban J connectivity index is 1.47. The van der Waals surface area contributed by atoms with Gasteiger partial charge in [0.05, 0.1) is 9.85 Å². The summed E-state index contributed by atoms with van der Waals surface area (Å²) in [6.07, 6.45) is 0. The van der Waals surface area contributed by atoms with Gasteiger partial charge in [0, 0.05) is 23.8 Å². The highest BCUT2D eigenvalue weighted by molar-refractivity contribution is 5.59. The van der Waals surface area contributed by atoms with E-state index in [0.717, 1.165) is 5.56 Å². The summed E-state index contributed by atoms with van der Waals surface area (Å²) in [6, 6.07) is 13.6. The average Bonchev–Trinajstić information content (AvgIpc) is 3.42. The van der Waals surface area contributed by atoms with Crippen molar-refractivity contribution < 1.29 is 23.5 Å². The van der Waals surface area contributed by atoms with E-state index in [1.165, 1.54) is 36.4 Å². The van der Waals surface area contributed by atoms with E-state index in [9.17, 15) is 20.2 Å². The minimum atomic E-state index is -0.506. The molecule has 156 valence electrons. The molecule has 0 aliphatic heterocycles. The molecule has 0 saturated heterocycles. The van der Waals surface area contributed by atoms with E-state index in [-0.39, 0.29) is 41.2 Å². The highest BCUT2D eigenvalue weighted by atomic mass is 16.6. The molecule has 2 heterocycles. The van der Waals surface area contributed by atoms with Gasteiger partial charge in [-0.15, -0.1) is 0 Å². The zero-order chi connectivity index (χ0) is 22.0. The quantitative estimate of drug-likeness (QED) is 0.305. The number of rotatable bonds is 7. The molecular formula is C20H14N4O7. The molecule has 31 heavy (non-hydrogen) atoms. The Morgan fingerprint density at radius 3 is 2.48 bits per heavy atom. The molecule has 0 aliphatic rings. The van der Waals surface area contributed by atoms with Crippen LogP contribution in [0.2, 0.25) is 0 Å². The summed E-state index contributed by atoms with van der Waals surface area (Å²) in [5, 5.41) is 25.8. The summed E-state index contributed by atoms with van der Waals surface area (Å²) in [6.45, 7) is 1.72. The van der Waals surface area contributed by atoms with E-state index in [1.807, 2.05) is 0 Å². The van der Waals surface area contributed by atoms with Crippen molar-refractivity contribution in [3.8, 4) is 28.8 Å². The van der Waals surface area contributed by atoms with Gasteiger partial charge in [0.25, 0.3) is 11.6 Å². The van der Waals surface area contributed by atoms with Gasteiger partial charge >= 0.3 is 5.69 Å². The second kappa shape index (κ2) is 8.06. The van der Waals surface area contributed by atoms with Crippen LogP contribution < -0.4 is 4.74 Å². The molecule has 11 nitrogen and oxygen atoms in total. The topological polar surface area (TPSA) is 148 Å². The zero-order valence-corrected chi connectivity index (χ0v) is 16.0. The molecule has 0 amide bonds. The van der Waals surface area contributed by atoms with E-state index in [4.69, 9.17) is 13.7 Å². The number of aryl methyl sites for hydroxylation is 1. The number of hydrogen-bond donors (Lipinski definition) is 0. The van der Waals surface area contributed by atoms with Gasteiger partial charge in [0.15, 0.2) is 11.5 Å². The summed E-state index contributed by atoms with van der Waals surface area (Å²) >= 11 is 0. The molecule has 4 rings (SSSR count). The second-order valence-electron chi connectivity index (χ2n) is 6.51. The molecule has 0 saturated carbocycles. The van der Waals surface area contributed by atoms with Gasteiger partial charge in [-0.1, -0.05) is 11.2 Å². The van der Waals surface area contributed by atoms with Crippen LogP contribution in [-0.4, -0.2) is 20.0 Å². The minimum absolute atomic E-state index is 0.0345. The molecule has 0 N–H and O–H groups in total. The monoisotopic (exact) mass is 422 g/mol. The summed E-state index contributed by atoms with van der Waals surface area (Å²) in [4.78, 5) is 25.2. The van der Waals surface area contributed by atoms with Crippen molar-refractivity contribution in [2.75, 3.05) is 0 Å². The Bertz CT molecular complexity index is 1260. The number of non-ortho nitro benzene ring substituents is 1. The standard InChI is InChI=1S/C20H14N4O7/c1-12-2-8-17(16(10-12)24(27)28)29-11-15-7-9-18(30-15)20-21-19(22-31-20)13-3-5-14(6-4-13)23(25)26/h2-10H,11H2,1H3. The van der Waals surface area contributed by atoms with Crippen LogP contribution in [0.25, 0.3) is 23.0 Å². The molecule has 0 fully saturated rings. The van der Waals surface area contributed by atoms with E-state index < -0.39 is 9.85 Å². The number of hydrogen-bond acceptors (Lipinski definition) is 9. The molecule has 2 aromatic heterocycles. The lowest BCUT2D eigenvalue weighted by molar-refractivity contribution is -0.386. The van der Waals surface area contributed by atoms with E-state index >= 15 is 0 Å². The van der Waals surface area contributed by atoms with Gasteiger partial charge in [0.1, 0.15) is 12.4 Å². The van der Waals surface area contributed by atoms with Crippen LogP contribution in [-0.2, 0) is 6.61 Å². The molecule has 0 bridgehead atoms. The second-order valence-corrected chi connectivity index (χ2v) is 6.51. The number of benzene rings is 2. The van der Waals surface area contributed by atoms with Crippen LogP contribution in [0.15, 0.2) is 63.5 Å². The van der Waals surface area contributed by atoms with Crippen molar-refractivity contribution in [2.45, 2.75) is 13.5 Å². The van der Waals surface area contributed by atoms with Gasteiger partial charge in [-0.05, 0) is 42.8 Å². The van der Waals surface area contributed by atoms with Crippen molar-refractivity contribution in [2.24, 2.45) is 0 Å². The number of nitrogens with zero attached hydrogens (tertiary/aromatic N) is 4. The largest absolute Gasteiger partial charge is 0.479 e. The van der Waals surface area contributed by atoms with Crippen LogP contribution in [0.5, 0.6) is 5.75 Å². The Hall–Kier alpha value is -4.54. The Morgan fingerprint density at radius 1 is 1.00 bits per heavy atom. The summed E-state index contributed by atoms with van der Waals surface area (Å²) in [7, 11) is 0. The SMILES string of the molecule is Cc1ccc(OCc2ccc(-c3nc(-c4ccc([N+](=O)[O-])cc4)no3)o2)c([N+](=O)[O-])c1. The van der Waals surface area contributed by atoms with Gasteiger partial charge in [-0.2, -0.15) is 4.98 Å². The smallest absolute Gasteiger partial charge is 0.311 e. The molecule has 2 aromatic carbocycles. The highest BCUT2D eigenvalue weighted by Crippen LogP contribution is 2.30. The molecule has 0 spiro atoms. The van der Waals surface area contributed by atoms with Crippen LogP contribution >= 0.6 is 0 Å². The number of nitro groups is 2. The van der Waals surface area contributed by atoms with E-state index in [2.05, 4.69) is 10.1 Å². The number of aromatic nitrogens is 2. The fourth-order valence-electron chi connectivity index (χ4n) is 2.78. The van der Waals surface area contributed by atoms with E-state index in [0.29, 0.717) is 11.3 Å². The third-order valence-electron chi connectivity index (χ3n) is 4.32. The first kappa shape index (κ1) is 19.8. The van der Waals surface area contributed by atoms with Crippen molar-refractivity contribution in [3.05, 3.63) is 86.1 Å². The van der Waals surface area contributed by atoms with Crippen molar-refractivity contribution in [3.63, 3.8) is 0 Å². The van der Waals surface area contributed by atoms with E-state index in [1.54, 1.807) is 25.1 Å². The molecule has 0 aliphatic carbocycles. The lowest BCUT2D eigenvalue weighted by Gasteiger charge is -2.05. The average molecular weight is 422 g/mol. The molecule has 11 heteroatoms. The normalized spacial score (nSPS) is 10.7. The maximum absolute atomic E-state index is 11.2. The zero-order valence-electron chi connectivity index (χ0n) is 16.0. The minimum Gasteiger partial charge on any atom is -0.479 e. The molecule has 0 atom stereocenters. The third kappa shape index (κ3) is 4.24. The van der Waals surface area contributed by atoms with Crippen LogP contribution in [0.3, 0.4) is 0 Å². The van der Waals surface area contributed by atoms with Crippen LogP contribution in [0.4, 0.5) is 11.4 Å². The van der Waals surface area contributed by atoms with Crippen LogP contribution in [0.1, 0.15) is 11.3 Å². The molecule has 4 aromatic rings. The van der Waals surface area contributed by atoms with Gasteiger partial charge in [0.2, 0.25) is 5.82 Å². The van der Waals surface area contributed by atoms with Gasteiger partial charge in [-0.25, -0.2) is 0 Å². The maximum atomic E-state index is 11.2. The van der Waals surface area contributed by atoms with Gasteiger partial charge < -0.3 is 13.7 Å². The first-order valence-corrected chi connectivity index (χ1v) is 8.96. The molecule has 0 unspecified atom stereocenters. The predicted octanol–water partition coefficient (Wildman–Crippen LogP) is 4.70. The fraction of sp³-hybridized carbons (Fsp3) is 0.100. The van der Waals surface area contributed by atoms with Crippen LogP contribution in [0, 0.1) is 27.2 Å². The lowest BCUT2D eigenvalue weighted by atomic mass is 10.2. The predicted molar refractivity (Wildman–Crippen MR) is 106 cm³/mol. The summed E-state index contributed by atoms with van der Waals surface area (Å²) in [5.41, 5.74) is 1.12. The molecule has 0 radical (unpaired) electrons. The van der Waals surface area contributed by atoms with Gasteiger partial charge in [-0.3, -0.25) is 20.2 Å². The Labute approximate surface area is 174 Å². The number of nitro benzene ring substituents is 2. The summed E-state index contributed by atoms with van der Waals surface area (Å²) in [5.74, 6) is 1.18. The third-order valence-corrected chi connectivity index (χ3v) is 4.32. The highest BCUT2D eigenvalue weighted by Gasteiger charge is 2.18. The summed E-state index contributed by atoms with van der Waals surface area (Å²) < 4.78 is 16.4. The van der Waals surface area contributed by atoms with Crippen molar-refractivity contribution in [1.82, 2.24) is 10.1 Å². The van der Waals surface area contributed by atoms with Crippen molar-refractivity contribution >= 4 is 11.4 Å². The number of ether oxygens (including phenoxy) is 1. The lowest BCUT2D eigenvalue weighted by Crippen LogP contribution is -1.98.